The van der Waals surface area contributed by atoms with Gasteiger partial charge in [0.15, 0.2) is 0 Å². The molecule has 23 heavy (non-hydrogen) atoms. The fourth-order valence-corrected chi connectivity index (χ4v) is 2.64. The summed E-state index contributed by atoms with van der Waals surface area (Å²) in [6.45, 7) is 19.1. The Hall–Kier alpha value is -0.160. The first kappa shape index (κ1) is 22.8. The van der Waals surface area contributed by atoms with Crippen LogP contribution in [0.4, 0.5) is 0 Å². The van der Waals surface area contributed by atoms with Gasteiger partial charge in [0.2, 0.25) is 0 Å². The summed E-state index contributed by atoms with van der Waals surface area (Å²) >= 11 is 0. The van der Waals surface area contributed by atoms with Crippen molar-refractivity contribution in [1.82, 2.24) is 9.80 Å². The van der Waals surface area contributed by atoms with Crippen LogP contribution in [0.15, 0.2) is 0 Å². The van der Waals surface area contributed by atoms with Gasteiger partial charge in [-0.2, -0.15) is 0 Å². The first-order chi connectivity index (χ1) is 11.4. The molecular weight excluding hydrogens is 288 g/mol. The molecule has 0 spiro atoms. The molecule has 140 valence electrons. The molecule has 0 aromatic heterocycles. The quantitative estimate of drug-likeness (QED) is 0.481. The number of hydrogen-bond donors (Lipinski definition) is 0. The Bertz CT molecular complexity index is 219. The summed E-state index contributed by atoms with van der Waals surface area (Å²) in [5, 5.41) is 0. The molecule has 0 aromatic rings. The van der Waals surface area contributed by atoms with Crippen molar-refractivity contribution in [3.05, 3.63) is 0 Å². The third-order valence-corrected chi connectivity index (χ3v) is 4.13. The molecule has 4 heteroatoms. The maximum Gasteiger partial charge on any atom is 0.0593 e. The van der Waals surface area contributed by atoms with Gasteiger partial charge in [0.25, 0.3) is 0 Å². The predicted molar refractivity (Wildman–Crippen MR) is 100 cm³/mol. The third-order valence-electron chi connectivity index (χ3n) is 4.13. The van der Waals surface area contributed by atoms with E-state index in [0.717, 1.165) is 33.0 Å². The molecule has 0 aromatic carbocycles. The highest BCUT2D eigenvalue weighted by Crippen LogP contribution is 2.05. The summed E-state index contributed by atoms with van der Waals surface area (Å²) in [7, 11) is 0. The minimum atomic E-state index is 0.851. The van der Waals surface area contributed by atoms with Gasteiger partial charge in [0, 0.05) is 52.5 Å². The van der Waals surface area contributed by atoms with Crippen LogP contribution in [0.2, 0.25) is 0 Å². The highest BCUT2D eigenvalue weighted by Gasteiger charge is 2.15. The molecule has 0 N–H and O–H groups in total. The standard InChI is InChI=1S/C17H36N2O2.C2H6/c1-3-5-15-21-17-14-19-12-10-18(11-13-19)9-7-6-8-16-20-4-2;1-2/h3-17H2,1-2H3;1-2H3. The lowest BCUT2D eigenvalue weighted by atomic mass is 10.2. The molecule has 0 unspecified atom stereocenters. The zero-order valence-electron chi connectivity index (χ0n) is 16.3. The van der Waals surface area contributed by atoms with Gasteiger partial charge in [0.05, 0.1) is 6.61 Å². The van der Waals surface area contributed by atoms with Crippen LogP contribution in [0.1, 0.15) is 59.8 Å². The number of nitrogens with zero attached hydrogens (tertiary/aromatic N) is 2. The van der Waals surface area contributed by atoms with Crippen molar-refractivity contribution in [3.8, 4) is 0 Å². The predicted octanol–water partition coefficient (Wildman–Crippen LogP) is 3.65. The molecule has 0 radical (unpaired) electrons. The van der Waals surface area contributed by atoms with Crippen LogP contribution in [0.25, 0.3) is 0 Å². The van der Waals surface area contributed by atoms with Gasteiger partial charge >= 0.3 is 0 Å². The van der Waals surface area contributed by atoms with Crippen LogP contribution >= 0.6 is 0 Å². The maximum absolute atomic E-state index is 5.65. The Kier molecular flexibility index (Phi) is 18.1. The smallest absolute Gasteiger partial charge is 0.0593 e. The van der Waals surface area contributed by atoms with E-state index < -0.39 is 0 Å². The first-order valence-corrected chi connectivity index (χ1v) is 9.97. The summed E-state index contributed by atoms with van der Waals surface area (Å²) in [4.78, 5) is 5.15. The van der Waals surface area contributed by atoms with Gasteiger partial charge in [0.1, 0.15) is 0 Å². The molecule has 4 nitrogen and oxygen atoms in total. The van der Waals surface area contributed by atoms with E-state index in [1.54, 1.807) is 0 Å². The van der Waals surface area contributed by atoms with Crippen molar-refractivity contribution in [1.29, 1.82) is 0 Å². The van der Waals surface area contributed by atoms with E-state index in [1.807, 2.05) is 13.8 Å². The zero-order chi connectivity index (χ0) is 17.2. The highest BCUT2D eigenvalue weighted by molar-refractivity contribution is 4.71. The summed E-state index contributed by atoms with van der Waals surface area (Å²) in [6.07, 6.45) is 6.24. The summed E-state index contributed by atoms with van der Waals surface area (Å²) in [6, 6.07) is 0. The fourth-order valence-electron chi connectivity index (χ4n) is 2.64. The fraction of sp³-hybridized carbons (Fsp3) is 1.00. The Morgan fingerprint density at radius 1 is 0.652 bits per heavy atom. The normalized spacial score (nSPS) is 16.2. The van der Waals surface area contributed by atoms with E-state index in [4.69, 9.17) is 9.47 Å². The maximum atomic E-state index is 5.65. The van der Waals surface area contributed by atoms with Crippen molar-refractivity contribution >= 4 is 0 Å². The molecule has 1 aliphatic rings. The van der Waals surface area contributed by atoms with E-state index >= 15 is 0 Å². The Morgan fingerprint density at radius 2 is 1.26 bits per heavy atom. The molecule has 0 atom stereocenters. The minimum absolute atomic E-state index is 0.851. The minimum Gasteiger partial charge on any atom is -0.382 e. The largest absolute Gasteiger partial charge is 0.382 e. The number of piperazine rings is 1. The molecule has 0 saturated carbocycles. The van der Waals surface area contributed by atoms with E-state index in [0.29, 0.717) is 0 Å². The molecular formula is C19H42N2O2. The SMILES string of the molecule is CC.CCCCOCCN1CCN(CCCCCOCC)CC1. The topological polar surface area (TPSA) is 24.9 Å². The molecule has 0 aliphatic carbocycles. The molecule has 1 heterocycles. The lowest BCUT2D eigenvalue weighted by Crippen LogP contribution is -2.47. The average molecular weight is 331 g/mol. The average Bonchev–Trinajstić information content (AvgIpc) is 2.61. The van der Waals surface area contributed by atoms with Crippen molar-refractivity contribution in [2.75, 3.05) is 65.7 Å². The lowest BCUT2D eigenvalue weighted by molar-refractivity contribution is 0.0736. The van der Waals surface area contributed by atoms with E-state index in [-0.39, 0.29) is 0 Å². The summed E-state index contributed by atoms with van der Waals surface area (Å²) < 4.78 is 11.0. The summed E-state index contributed by atoms with van der Waals surface area (Å²) in [5.41, 5.74) is 0. The first-order valence-electron chi connectivity index (χ1n) is 9.97. The molecule has 1 rings (SSSR count). The van der Waals surface area contributed by atoms with Crippen LogP contribution in [0, 0.1) is 0 Å². The van der Waals surface area contributed by atoms with Gasteiger partial charge in [-0.25, -0.2) is 0 Å². The number of hydrogen-bond acceptors (Lipinski definition) is 4. The summed E-state index contributed by atoms with van der Waals surface area (Å²) in [5.74, 6) is 0. The van der Waals surface area contributed by atoms with Crippen molar-refractivity contribution in [3.63, 3.8) is 0 Å². The lowest BCUT2D eigenvalue weighted by Gasteiger charge is -2.34. The second-order valence-electron chi connectivity index (χ2n) is 5.91. The third kappa shape index (κ3) is 13.9. The second-order valence-corrected chi connectivity index (χ2v) is 5.91. The van der Waals surface area contributed by atoms with Crippen LogP contribution in [-0.4, -0.2) is 75.5 Å². The molecule has 1 saturated heterocycles. The Balaban J connectivity index is 0.00000232. The van der Waals surface area contributed by atoms with Gasteiger partial charge in [-0.3, -0.25) is 4.90 Å². The van der Waals surface area contributed by atoms with E-state index in [9.17, 15) is 0 Å². The van der Waals surface area contributed by atoms with Gasteiger partial charge in [-0.1, -0.05) is 27.2 Å². The van der Waals surface area contributed by atoms with Crippen LogP contribution < -0.4 is 0 Å². The van der Waals surface area contributed by atoms with Crippen molar-refractivity contribution in [2.24, 2.45) is 0 Å². The zero-order valence-corrected chi connectivity index (χ0v) is 16.3. The molecule has 1 aliphatic heterocycles. The van der Waals surface area contributed by atoms with Crippen LogP contribution in [0.3, 0.4) is 0 Å². The number of rotatable bonds is 13. The number of ether oxygens (including phenoxy) is 2. The molecule has 1 fully saturated rings. The highest BCUT2D eigenvalue weighted by atomic mass is 16.5. The van der Waals surface area contributed by atoms with E-state index in [1.165, 1.54) is 64.8 Å². The Labute approximate surface area is 145 Å². The second kappa shape index (κ2) is 18.2. The van der Waals surface area contributed by atoms with Crippen LogP contribution in [0.5, 0.6) is 0 Å². The van der Waals surface area contributed by atoms with Crippen LogP contribution in [-0.2, 0) is 9.47 Å². The van der Waals surface area contributed by atoms with Gasteiger partial charge in [-0.05, 0) is 39.2 Å². The van der Waals surface area contributed by atoms with Gasteiger partial charge in [-0.15, -0.1) is 0 Å². The Morgan fingerprint density at radius 3 is 1.87 bits per heavy atom. The molecule has 0 amide bonds. The monoisotopic (exact) mass is 330 g/mol. The molecule has 0 bridgehead atoms. The van der Waals surface area contributed by atoms with Crippen molar-refractivity contribution < 1.29 is 9.47 Å². The van der Waals surface area contributed by atoms with E-state index in [2.05, 4.69) is 23.6 Å². The number of unbranched alkanes of at least 4 members (excludes halogenated alkanes) is 3. The van der Waals surface area contributed by atoms with Crippen molar-refractivity contribution in [2.45, 2.75) is 59.8 Å². The van der Waals surface area contributed by atoms with Gasteiger partial charge < -0.3 is 14.4 Å².